The van der Waals surface area contributed by atoms with Crippen molar-refractivity contribution in [1.82, 2.24) is 35.8 Å². The minimum atomic E-state index is -0.277. The van der Waals surface area contributed by atoms with E-state index in [-0.39, 0.29) is 18.5 Å². The summed E-state index contributed by atoms with van der Waals surface area (Å²) in [5, 5.41) is 19.1. The molecule has 1 fully saturated rings. The van der Waals surface area contributed by atoms with Crippen LogP contribution in [0.25, 0.3) is 0 Å². The van der Waals surface area contributed by atoms with Gasteiger partial charge in [-0.05, 0) is 36.1 Å². The van der Waals surface area contributed by atoms with Gasteiger partial charge in [0.05, 0.1) is 12.6 Å². The van der Waals surface area contributed by atoms with Gasteiger partial charge >= 0.3 is 0 Å². The molecule has 0 aliphatic heterocycles. The fourth-order valence-electron chi connectivity index (χ4n) is 2.41. The second-order valence-corrected chi connectivity index (χ2v) is 7.33. The first-order valence-corrected chi connectivity index (χ1v) is 9.15. The lowest BCUT2D eigenvalue weighted by molar-refractivity contribution is -0.120. The van der Waals surface area contributed by atoms with Gasteiger partial charge in [-0.15, -0.1) is 16.4 Å². The number of thiazole rings is 1. The van der Waals surface area contributed by atoms with Crippen molar-refractivity contribution < 1.29 is 4.79 Å². The smallest absolute Gasteiger partial charge is 0.233 e. The van der Waals surface area contributed by atoms with Crippen molar-refractivity contribution in [3.8, 4) is 0 Å². The zero-order valence-electron chi connectivity index (χ0n) is 14.2. The van der Waals surface area contributed by atoms with Crippen molar-refractivity contribution in [3.05, 3.63) is 21.9 Å². The Kier molecular flexibility index (Phi) is 5.20. The molecule has 24 heavy (non-hydrogen) atoms. The first-order chi connectivity index (χ1) is 11.6. The van der Waals surface area contributed by atoms with Crippen molar-refractivity contribution in [1.29, 1.82) is 0 Å². The van der Waals surface area contributed by atoms with Gasteiger partial charge in [0.25, 0.3) is 0 Å². The monoisotopic (exact) mass is 349 g/mol. The number of nitrogens with zero attached hydrogens (tertiary/aromatic N) is 5. The first kappa shape index (κ1) is 17.0. The summed E-state index contributed by atoms with van der Waals surface area (Å²) < 4.78 is 1.87. The molecular weight excluding hydrogens is 326 g/mol. The molecule has 1 aliphatic rings. The summed E-state index contributed by atoms with van der Waals surface area (Å²) in [5.74, 6) is 1.10. The second-order valence-electron chi connectivity index (χ2n) is 6.24. The molecule has 130 valence electrons. The molecule has 2 aromatic rings. The van der Waals surface area contributed by atoms with E-state index in [4.69, 9.17) is 0 Å². The van der Waals surface area contributed by atoms with E-state index in [2.05, 4.69) is 45.0 Å². The highest BCUT2D eigenvalue weighted by atomic mass is 32.1. The van der Waals surface area contributed by atoms with Crippen molar-refractivity contribution in [2.45, 2.75) is 51.6 Å². The fourth-order valence-corrected chi connectivity index (χ4v) is 3.41. The van der Waals surface area contributed by atoms with E-state index in [0.717, 1.165) is 23.7 Å². The van der Waals surface area contributed by atoms with Crippen LogP contribution in [0.2, 0.25) is 0 Å². The molecule has 3 rings (SSSR count). The van der Waals surface area contributed by atoms with E-state index in [9.17, 15) is 4.79 Å². The van der Waals surface area contributed by atoms with E-state index in [1.54, 1.807) is 11.3 Å². The number of tetrazole rings is 1. The molecule has 0 saturated heterocycles. The molecule has 0 spiro atoms. The van der Waals surface area contributed by atoms with Gasteiger partial charge < -0.3 is 5.32 Å². The van der Waals surface area contributed by atoms with Crippen molar-refractivity contribution in [2.75, 3.05) is 13.1 Å². The largest absolute Gasteiger partial charge is 0.355 e. The van der Waals surface area contributed by atoms with Gasteiger partial charge in [-0.1, -0.05) is 13.8 Å². The molecule has 1 saturated carbocycles. The standard InChI is InChI=1S/C15H23N7OS/c1-4-16-12(23)8-17-13(15-18-7-11(24-15)9(2)3)14-19-20-21-22(14)10-5-6-10/h7,9-10,13,17H,4-6,8H2,1-3H3,(H,16,23). The Morgan fingerprint density at radius 1 is 1.46 bits per heavy atom. The van der Waals surface area contributed by atoms with Crippen LogP contribution in [0, 0.1) is 0 Å². The lowest BCUT2D eigenvalue weighted by Gasteiger charge is -2.15. The zero-order chi connectivity index (χ0) is 17.1. The van der Waals surface area contributed by atoms with E-state index in [0.29, 0.717) is 18.5 Å². The Bertz CT molecular complexity index is 692. The van der Waals surface area contributed by atoms with Gasteiger partial charge in [0.1, 0.15) is 11.0 Å². The van der Waals surface area contributed by atoms with Gasteiger partial charge in [-0.2, -0.15) is 0 Å². The third-order valence-electron chi connectivity index (χ3n) is 3.87. The number of carbonyl (C=O) groups excluding carboxylic acids is 1. The van der Waals surface area contributed by atoms with Crippen molar-refractivity contribution >= 4 is 17.2 Å². The predicted octanol–water partition coefficient (Wildman–Crippen LogP) is 1.40. The van der Waals surface area contributed by atoms with Crippen LogP contribution in [-0.4, -0.2) is 44.2 Å². The number of hydrogen-bond acceptors (Lipinski definition) is 7. The summed E-state index contributed by atoms with van der Waals surface area (Å²) in [4.78, 5) is 17.6. The lowest BCUT2D eigenvalue weighted by Crippen LogP contribution is -2.36. The second kappa shape index (κ2) is 7.35. The Balaban J connectivity index is 1.84. The minimum Gasteiger partial charge on any atom is -0.355 e. The maximum Gasteiger partial charge on any atom is 0.233 e. The third kappa shape index (κ3) is 3.78. The number of aromatic nitrogens is 5. The normalized spacial score (nSPS) is 15.7. The number of nitrogens with one attached hydrogen (secondary N) is 2. The highest BCUT2D eigenvalue weighted by Gasteiger charge is 2.32. The van der Waals surface area contributed by atoms with Crippen LogP contribution in [0.4, 0.5) is 0 Å². The van der Waals surface area contributed by atoms with Crippen LogP contribution in [0.3, 0.4) is 0 Å². The Morgan fingerprint density at radius 2 is 2.25 bits per heavy atom. The predicted molar refractivity (Wildman–Crippen MR) is 90.8 cm³/mol. The van der Waals surface area contributed by atoms with Gasteiger partial charge in [0.15, 0.2) is 5.82 Å². The van der Waals surface area contributed by atoms with Crippen LogP contribution in [0.1, 0.15) is 67.3 Å². The van der Waals surface area contributed by atoms with Crippen molar-refractivity contribution in [2.24, 2.45) is 0 Å². The van der Waals surface area contributed by atoms with Gasteiger partial charge in [-0.3, -0.25) is 10.1 Å². The Labute approximate surface area is 145 Å². The maximum absolute atomic E-state index is 11.8. The van der Waals surface area contributed by atoms with Crippen LogP contribution in [0.5, 0.6) is 0 Å². The minimum absolute atomic E-state index is 0.0476. The van der Waals surface area contributed by atoms with Crippen LogP contribution < -0.4 is 10.6 Å². The lowest BCUT2D eigenvalue weighted by atomic mass is 10.2. The summed E-state index contributed by atoms with van der Waals surface area (Å²) in [6.45, 7) is 7.00. The quantitative estimate of drug-likeness (QED) is 0.748. The van der Waals surface area contributed by atoms with E-state index in [1.807, 2.05) is 17.8 Å². The Morgan fingerprint density at radius 3 is 2.88 bits per heavy atom. The molecule has 1 unspecified atom stereocenters. The van der Waals surface area contributed by atoms with Gasteiger partial charge in [0.2, 0.25) is 5.91 Å². The number of hydrogen-bond donors (Lipinski definition) is 2. The summed E-state index contributed by atoms with van der Waals surface area (Å²) in [6, 6.07) is 0.0917. The third-order valence-corrected chi connectivity index (χ3v) is 5.23. The van der Waals surface area contributed by atoms with E-state index in [1.165, 1.54) is 4.88 Å². The fraction of sp³-hybridized carbons (Fsp3) is 0.667. The van der Waals surface area contributed by atoms with Crippen LogP contribution in [-0.2, 0) is 4.79 Å². The molecule has 9 heteroatoms. The van der Waals surface area contributed by atoms with E-state index < -0.39 is 0 Å². The highest BCUT2D eigenvalue weighted by Crippen LogP contribution is 2.37. The molecule has 1 aliphatic carbocycles. The topological polar surface area (TPSA) is 97.6 Å². The molecular formula is C15H23N7OS. The molecule has 2 aromatic heterocycles. The molecule has 1 amide bonds. The highest BCUT2D eigenvalue weighted by molar-refractivity contribution is 7.11. The maximum atomic E-state index is 11.8. The summed E-state index contributed by atoms with van der Waals surface area (Å²) >= 11 is 1.64. The van der Waals surface area contributed by atoms with Gasteiger partial charge in [-0.25, -0.2) is 9.67 Å². The number of amides is 1. The SMILES string of the molecule is CCNC(=O)CNC(c1ncc(C(C)C)s1)c1nnnn1C1CC1. The van der Waals surface area contributed by atoms with Gasteiger partial charge in [0, 0.05) is 17.6 Å². The number of carbonyl (C=O) groups is 1. The zero-order valence-corrected chi connectivity index (χ0v) is 15.0. The summed E-state index contributed by atoms with van der Waals surface area (Å²) in [6.07, 6.45) is 4.09. The molecule has 2 heterocycles. The summed E-state index contributed by atoms with van der Waals surface area (Å²) in [5.41, 5.74) is 0. The average Bonchev–Trinajstić information content (AvgIpc) is 3.08. The first-order valence-electron chi connectivity index (χ1n) is 8.33. The van der Waals surface area contributed by atoms with Crippen LogP contribution >= 0.6 is 11.3 Å². The van der Waals surface area contributed by atoms with E-state index >= 15 is 0 Å². The number of likely N-dealkylation sites (N-methyl/N-ethyl adjacent to an activating group) is 1. The molecule has 8 nitrogen and oxygen atoms in total. The molecule has 1 atom stereocenters. The molecule has 2 N–H and O–H groups in total. The Hall–Kier alpha value is -1.87. The molecule has 0 bridgehead atoms. The molecule has 0 aromatic carbocycles. The van der Waals surface area contributed by atoms with Crippen molar-refractivity contribution in [3.63, 3.8) is 0 Å². The molecule has 0 radical (unpaired) electrons. The number of rotatable bonds is 8. The van der Waals surface area contributed by atoms with Crippen LogP contribution in [0.15, 0.2) is 6.20 Å². The summed E-state index contributed by atoms with van der Waals surface area (Å²) in [7, 11) is 0. The average molecular weight is 349 g/mol.